The number of ether oxygens (including phenoxy) is 2. The molecule has 3 N–H and O–H groups in total. The Morgan fingerprint density at radius 1 is 1.29 bits per heavy atom. The Morgan fingerprint density at radius 2 is 1.92 bits per heavy atom. The van der Waals surface area contributed by atoms with Crippen LogP contribution in [0.25, 0.3) is 0 Å². The fourth-order valence-electron chi connectivity index (χ4n) is 2.81. The lowest BCUT2D eigenvalue weighted by Crippen LogP contribution is -2.42. The molecule has 7 heteroatoms. The second kappa shape index (κ2) is 7.06. The molecule has 6 nitrogen and oxygen atoms in total. The number of carbonyl (C=O) groups excluding carboxylic acids is 1. The number of hydrogen-bond acceptors (Lipinski definition) is 5. The Morgan fingerprint density at radius 3 is 2.46 bits per heavy atom. The van der Waals surface area contributed by atoms with Crippen molar-refractivity contribution >= 4 is 24.2 Å². The van der Waals surface area contributed by atoms with Gasteiger partial charge in [-0.1, -0.05) is 0 Å². The van der Waals surface area contributed by atoms with Gasteiger partial charge in [0.2, 0.25) is 0 Å². The van der Waals surface area contributed by atoms with E-state index in [2.05, 4.69) is 5.32 Å². The zero-order chi connectivity index (χ0) is 18.0. The minimum absolute atomic E-state index is 0.00222. The number of amides is 1. The molecule has 0 radical (unpaired) electrons. The second-order valence-electron chi connectivity index (χ2n) is 7.18. The zero-order valence-electron chi connectivity index (χ0n) is 14.8. The first-order chi connectivity index (χ1) is 11.1. The number of alkyl carbamates (subject to hydrolysis) is 1. The van der Waals surface area contributed by atoms with Crippen LogP contribution < -0.4 is 21.1 Å². The molecule has 0 aliphatic carbocycles. The van der Waals surface area contributed by atoms with E-state index in [0.717, 1.165) is 5.30 Å². The monoisotopic (exact) mass is 354 g/mol. The molecule has 0 atom stereocenters. The summed E-state index contributed by atoms with van der Waals surface area (Å²) in [7, 11) is -0.927. The predicted octanol–water partition coefficient (Wildman–Crippen LogP) is 2.95. The fourth-order valence-corrected chi connectivity index (χ4v) is 5.71. The molecule has 1 amide bonds. The van der Waals surface area contributed by atoms with Gasteiger partial charge in [-0.15, -0.1) is 0 Å². The second-order valence-corrected chi connectivity index (χ2v) is 10.4. The highest BCUT2D eigenvalue weighted by atomic mass is 31.2. The van der Waals surface area contributed by atoms with Crippen LogP contribution in [0.15, 0.2) is 18.2 Å². The molecule has 0 bridgehead atoms. The largest absolute Gasteiger partial charge is 0.495 e. The minimum atomic E-state index is -2.48. The summed E-state index contributed by atoms with van der Waals surface area (Å²) >= 11 is 0. The number of hydrogen-bond donors (Lipinski definition) is 2. The van der Waals surface area contributed by atoms with Crippen LogP contribution in [0.2, 0.25) is 0 Å². The molecule has 1 aliphatic heterocycles. The first-order valence-electron chi connectivity index (χ1n) is 8.15. The summed E-state index contributed by atoms with van der Waals surface area (Å²) < 4.78 is 23.7. The van der Waals surface area contributed by atoms with Gasteiger partial charge in [0, 0.05) is 23.7 Å². The Labute approximate surface area is 143 Å². The number of carbonyl (C=O) groups is 1. The number of nitrogen functional groups attached to an aromatic ring is 1. The van der Waals surface area contributed by atoms with E-state index in [9.17, 15) is 9.36 Å². The van der Waals surface area contributed by atoms with Crippen molar-refractivity contribution in [1.29, 1.82) is 0 Å². The van der Waals surface area contributed by atoms with Gasteiger partial charge in [-0.05, 0) is 51.8 Å². The highest BCUT2D eigenvalue weighted by Gasteiger charge is 2.33. The fraction of sp³-hybridized carbons (Fsp3) is 0.588. The Balaban J connectivity index is 1.98. The van der Waals surface area contributed by atoms with Crippen LogP contribution >= 0.6 is 7.14 Å². The highest BCUT2D eigenvalue weighted by molar-refractivity contribution is 7.71. The smallest absolute Gasteiger partial charge is 0.407 e. The maximum absolute atomic E-state index is 13.2. The van der Waals surface area contributed by atoms with E-state index in [1.54, 1.807) is 19.2 Å². The minimum Gasteiger partial charge on any atom is -0.495 e. The van der Waals surface area contributed by atoms with Crippen molar-refractivity contribution in [2.75, 3.05) is 25.2 Å². The van der Waals surface area contributed by atoms with Gasteiger partial charge in [-0.3, -0.25) is 0 Å². The number of rotatable bonds is 3. The average molecular weight is 354 g/mol. The summed E-state index contributed by atoms with van der Waals surface area (Å²) in [6.45, 7) is 5.49. The summed E-state index contributed by atoms with van der Waals surface area (Å²) in [5.41, 5.74) is 5.84. The molecule has 1 aliphatic rings. The van der Waals surface area contributed by atoms with Gasteiger partial charge >= 0.3 is 6.09 Å². The van der Waals surface area contributed by atoms with E-state index in [0.29, 0.717) is 36.6 Å². The average Bonchev–Trinajstić information content (AvgIpc) is 2.48. The summed E-state index contributed by atoms with van der Waals surface area (Å²) in [6, 6.07) is 5.33. The summed E-state index contributed by atoms with van der Waals surface area (Å²) in [5, 5.41) is 3.66. The Hall–Kier alpha value is -1.68. The van der Waals surface area contributed by atoms with E-state index in [1.165, 1.54) is 0 Å². The third-order valence-electron chi connectivity index (χ3n) is 4.09. The van der Waals surface area contributed by atoms with Crippen molar-refractivity contribution in [3.63, 3.8) is 0 Å². The molecular weight excluding hydrogens is 327 g/mol. The molecule has 0 unspecified atom stereocenters. The normalized spacial score (nSPS) is 24.2. The van der Waals surface area contributed by atoms with E-state index in [-0.39, 0.29) is 6.04 Å². The van der Waals surface area contributed by atoms with Gasteiger partial charge in [0.15, 0.2) is 0 Å². The van der Waals surface area contributed by atoms with Crippen LogP contribution in [0.3, 0.4) is 0 Å². The quantitative estimate of drug-likeness (QED) is 0.643. The van der Waals surface area contributed by atoms with Gasteiger partial charge in [-0.2, -0.15) is 0 Å². The zero-order valence-corrected chi connectivity index (χ0v) is 15.7. The van der Waals surface area contributed by atoms with Crippen LogP contribution in [-0.2, 0) is 9.30 Å². The van der Waals surface area contributed by atoms with Crippen LogP contribution in [0.1, 0.15) is 33.6 Å². The molecule has 0 spiro atoms. The molecule has 1 fully saturated rings. The van der Waals surface area contributed by atoms with E-state index in [4.69, 9.17) is 15.2 Å². The maximum atomic E-state index is 13.2. The Kier molecular flexibility index (Phi) is 5.49. The molecule has 1 aromatic carbocycles. The van der Waals surface area contributed by atoms with Gasteiger partial charge in [0.05, 0.1) is 12.8 Å². The number of methoxy groups -OCH3 is 1. The number of nitrogens with one attached hydrogen (secondary N) is 1. The summed E-state index contributed by atoms with van der Waals surface area (Å²) in [5.74, 6) is 0.553. The maximum Gasteiger partial charge on any atom is 0.407 e. The lowest BCUT2D eigenvalue weighted by atomic mass is 10.1. The van der Waals surface area contributed by atoms with Crippen molar-refractivity contribution < 1.29 is 18.8 Å². The van der Waals surface area contributed by atoms with Crippen molar-refractivity contribution in [1.82, 2.24) is 5.32 Å². The molecule has 1 saturated heterocycles. The van der Waals surface area contributed by atoms with Crippen molar-refractivity contribution in [3.05, 3.63) is 18.2 Å². The molecule has 1 aromatic rings. The highest BCUT2D eigenvalue weighted by Crippen LogP contribution is 2.50. The third kappa shape index (κ3) is 4.67. The molecular formula is C17H27N2O4P. The van der Waals surface area contributed by atoms with Crippen LogP contribution in [0, 0.1) is 0 Å². The molecule has 134 valence electrons. The first-order valence-corrected chi connectivity index (χ1v) is 10.2. The standard InChI is InChI=1S/C17H27N2O4P/c1-17(2,3)23-16(20)19-12-7-9-24(21,10-8-12)13-5-6-14(18)15(11-13)22-4/h5-6,11-12H,7-10,18H2,1-4H3,(H,19,20). The van der Waals surface area contributed by atoms with Crippen molar-refractivity contribution in [3.8, 4) is 5.75 Å². The number of benzene rings is 1. The first kappa shape index (κ1) is 18.7. The Bertz CT molecular complexity index is 642. The molecule has 1 heterocycles. The lowest BCUT2D eigenvalue weighted by Gasteiger charge is -2.30. The third-order valence-corrected chi connectivity index (χ3v) is 7.27. The van der Waals surface area contributed by atoms with E-state index in [1.807, 2.05) is 26.8 Å². The van der Waals surface area contributed by atoms with Gasteiger partial charge in [-0.25, -0.2) is 4.79 Å². The molecule has 0 aromatic heterocycles. The molecule has 0 saturated carbocycles. The van der Waals surface area contributed by atoms with Crippen LogP contribution in [0.5, 0.6) is 5.75 Å². The van der Waals surface area contributed by atoms with E-state index < -0.39 is 18.8 Å². The topological polar surface area (TPSA) is 90.6 Å². The van der Waals surface area contributed by atoms with Crippen LogP contribution in [-0.4, -0.2) is 37.2 Å². The van der Waals surface area contributed by atoms with Gasteiger partial charge in [0.25, 0.3) is 0 Å². The SMILES string of the molecule is COc1cc(P2(=O)CCC(NC(=O)OC(C)(C)C)CC2)ccc1N. The molecule has 2 rings (SSSR count). The van der Waals surface area contributed by atoms with Gasteiger partial charge < -0.3 is 25.1 Å². The van der Waals surface area contributed by atoms with Crippen LogP contribution in [0.4, 0.5) is 10.5 Å². The van der Waals surface area contributed by atoms with Crippen molar-refractivity contribution in [2.45, 2.75) is 45.3 Å². The van der Waals surface area contributed by atoms with Crippen molar-refractivity contribution in [2.24, 2.45) is 0 Å². The predicted molar refractivity (Wildman–Crippen MR) is 96.8 cm³/mol. The number of anilines is 1. The summed E-state index contributed by atoms with van der Waals surface area (Å²) in [6.07, 6.45) is 2.03. The van der Waals surface area contributed by atoms with Gasteiger partial charge in [0.1, 0.15) is 18.5 Å². The molecule has 24 heavy (non-hydrogen) atoms. The lowest BCUT2D eigenvalue weighted by molar-refractivity contribution is 0.0501. The summed E-state index contributed by atoms with van der Waals surface area (Å²) in [4.78, 5) is 11.8. The van der Waals surface area contributed by atoms with E-state index >= 15 is 0 Å². The number of nitrogens with two attached hydrogens (primary N) is 1.